The van der Waals surface area contributed by atoms with Crippen molar-refractivity contribution in [3.63, 3.8) is 0 Å². The molecule has 1 saturated heterocycles. The van der Waals surface area contributed by atoms with Crippen LogP contribution in [0, 0.1) is 0 Å². The van der Waals surface area contributed by atoms with E-state index in [-0.39, 0.29) is 5.91 Å². The summed E-state index contributed by atoms with van der Waals surface area (Å²) in [5.74, 6) is 0.127. The van der Waals surface area contributed by atoms with E-state index in [2.05, 4.69) is 42.5 Å². The molecule has 0 aromatic heterocycles. The third-order valence-corrected chi connectivity index (χ3v) is 4.12. The van der Waals surface area contributed by atoms with Gasteiger partial charge >= 0.3 is 0 Å². The summed E-state index contributed by atoms with van der Waals surface area (Å²) in [6.07, 6.45) is 11.0. The van der Waals surface area contributed by atoms with Crippen LogP contribution in [0.3, 0.4) is 0 Å². The minimum Gasteiger partial charge on any atom is -0.339 e. The first kappa shape index (κ1) is 14.6. The Hall–Kier alpha value is -2.35. The molecule has 0 N–H and O–H groups in total. The Labute approximate surface area is 131 Å². The number of carbonyl (C=O) groups is 1. The lowest BCUT2D eigenvalue weighted by atomic mass is 10.0. The summed E-state index contributed by atoms with van der Waals surface area (Å²) >= 11 is 0. The largest absolute Gasteiger partial charge is 0.339 e. The minimum atomic E-state index is 0.127. The van der Waals surface area contributed by atoms with E-state index in [1.165, 1.54) is 22.8 Å². The van der Waals surface area contributed by atoms with Crippen LogP contribution in [0.4, 0.5) is 0 Å². The van der Waals surface area contributed by atoms with Gasteiger partial charge in [0.1, 0.15) is 0 Å². The van der Waals surface area contributed by atoms with Gasteiger partial charge in [0.05, 0.1) is 0 Å². The molecule has 3 rings (SSSR count). The topological polar surface area (TPSA) is 20.3 Å². The SMILES string of the molecule is O=C(/C=C/C=C/c1cccc2ccccc12)N1CCCCC1. The fourth-order valence-corrected chi connectivity index (χ4v) is 2.91. The van der Waals surface area contributed by atoms with Crippen molar-refractivity contribution in [3.05, 3.63) is 66.3 Å². The molecule has 0 unspecified atom stereocenters. The zero-order chi connectivity index (χ0) is 15.2. The van der Waals surface area contributed by atoms with Gasteiger partial charge in [-0.15, -0.1) is 0 Å². The number of amides is 1. The predicted octanol–water partition coefficient (Wildman–Crippen LogP) is 4.42. The molecular weight excluding hydrogens is 270 g/mol. The first-order valence-corrected chi connectivity index (χ1v) is 7.96. The van der Waals surface area contributed by atoms with Gasteiger partial charge in [0.2, 0.25) is 5.91 Å². The Morgan fingerprint density at radius 2 is 1.68 bits per heavy atom. The fourth-order valence-electron chi connectivity index (χ4n) is 2.91. The molecule has 22 heavy (non-hydrogen) atoms. The van der Waals surface area contributed by atoms with Crippen molar-refractivity contribution < 1.29 is 4.79 Å². The van der Waals surface area contributed by atoms with Crippen LogP contribution in [-0.2, 0) is 4.79 Å². The van der Waals surface area contributed by atoms with Crippen LogP contribution in [-0.4, -0.2) is 23.9 Å². The van der Waals surface area contributed by atoms with Gasteiger partial charge in [-0.2, -0.15) is 0 Å². The van der Waals surface area contributed by atoms with Gasteiger partial charge in [0, 0.05) is 19.2 Å². The van der Waals surface area contributed by atoms with Crippen LogP contribution in [0.15, 0.2) is 60.7 Å². The maximum Gasteiger partial charge on any atom is 0.246 e. The molecule has 112 valence electrons. The number of rotatable bonds is 3. The molecule has 0 bridgehead atoms. The summed E-state index contributed by atoms with van der Waals surface area (Å²) < 4.78 is 0. The number of hydrogen-bond acceptors (Lipinski definition) is 1. The maximum absolute atomic E-state index is 12.0. The molecule has 2 aromatic rings. The number of allylic oxidation sites excluding steroid dienone is 2. The van der Waals surface area contributed by atoms with Crippen molar-refractivity contribution >= 4 is 22.8 Å². The monoisotopic (exact) mass is 291 g/mol. The molecule has 1 heterocycles. The molecule has 2 aromatic carbocycles. The second-order valence-corrected chi connectivity index (χ2v) is 5.67. The molecule has 1 aliphatic heterocycles. The average molecular weight is 291 g/mol. The van der Waals surface area contributed by atoms with Crippen molar-refractivity contribution in [2.24, 2.45) is 0 Å². The van der Waals surface area contributed by atoms with Gasteiger partial charge in [-0.1, -0.05) is 60.7 Å². The highest BCUT2D eigenvalue weighted by molar-refractivity contribution is 5.91. The van der Waals surface area contributed by atoms with Gasteiger partial charge in [-0.05, 0) is 35.6 Å². The second kappa shape index (κ2) is 7.08. The Kier molecular flexibility index (Phi) is 4.69. The molecule has 0 spiro atoms. The zero-order valence-corrected chi connectivity index (χ0v) is 12.7. The highest BCUT2D eigenvalue weighted by Gasteiger charge is 2.13. The standard InChI is InChI=1S/C20H21NO/c22-20(21-15-6-1-7-16-21)14-5-3-10-18-12-8-11-17-9-2-4-13-19(17)18/h2-5,8-14H,1,6-7,15-16H2/b10-3+,14-5+. The van der Waals surface area contributed by atoms with Gasteiger partial charge < -0.3 is 4.90 Å². The Morgan fingerprint density at radius 1 is 0.909 bits per heavy atom. The van der Waals surface area contributed by atoms with Gasteiger partial charge in [-0.3, -0.25) is 4.79 Å². The number of likely N-dealkylation sites (tertiary alicyclic amines) is 1. The van der Waals surface area contributed by atoms with E-state index in [4.69, 9.17) is 0 Å². The summed E-state index contributed by atoms with van der Waals surface area (Å²) in [5.41, 5.74) is 1.17. The maximum atomic E-state index is 12.0. The van der Waals surface area contributed by atoms with E-state index in [1.54, 1.807) is 6.08 Å². The highest BCUT2D eigenvalue weighted by Crippen LogP contribution is 2.19. The van der Waals surface area contributed by atoms with Crippen molar-refractivity contribution in [2.45, 2.75) is 19.3 Å². The van der Waals surface area contributed by atoms with Crippen LogP contribution < -0.4 is 0 Å². The highest BCUT2D eigenvalue weighted by atomic mass is 16.2. The molecule has 0 aliphatic carbocycles. The Bertz CT molecular complexity index is 703. The number of piperidine rings is 1. The molecule has 1 fully saturated rings. The third-order valence-electron chi connectivity index (χ3n) is 4.12. The van der Waals surface area contributed by atoms with E-state index in [9.17, 15) is 4.79 Å². The van der Waals surface area contributed by atoms with E-state index in [0.717, 1.165) is 25.9 Å². The summed E-state index contributed by atoms with van der Waals surface area (Å²) in [6, 6.07) is 14.6. The molecule has 0 radical (unpaired) electrons. The van der Waals surface area contributed by atoms with Crippen molar-refractivity contribution in [3.8, 4) is 0 Å². The first-order valence-electron chi connectivity index (χ1n) is 7.96. The molecule has 0 atom stereocenters. The smallest absolute Gasteiger partial charge is 0.246 e. The van der Waals surface area contributed by atoms with Crippen molar-refractivity contribution in [1.82, 2.24) is 4.90 Å². The van der Waals surface area contributed by atoms with E-state index in [1.807, 2.05) is 23.1 Å². The number of carbonyl (C=O) groups excluding carboxylic acids is 1. The Balaban J connectivity index is 1.68. The lowest BCUT2D eigenvalue weighted by molar-refractivity contribution is -0.126. The first-order chi connectivity index (χ1) is 10.8. The number of benzene rings is 2. The summed E-state index contributed by atoms with van der Waals surface area (Å²) in [5, 5.41) is 2.47. The van der Waals surface area contributed by atoms with E-state index >= 15 is 0 Å². The van der Waals surface area contributed by atoms with Crippen LogP contribution >= 0.6 is 0 Å². The summed E-state index contributed by atoms with van der Waals surface area (Å²) in [7, 11) is 0. The lowest BCUT2D eigenvalue weighted by Crippen LogP contribution is -2.34. The van der Waals surface area contributed by atoms with Crippen molar-refractivity contribution in [1.29, 1.82) is 0 Å². The zero-order valence-electron chi connectivity index (χ0n) is 12.7. The number of hydrogen-bond donors (Lipinski definition) is 0. The second-order valence-electron chi connectivity index (χ2n) is 5.67. The van der Waals surface area contributed by atoms with Crippen LogP contribution in [0.2, 0.25) is 0 Å². The average Bonchev–Trinajstić information content (AvgIpc) is 2.59. The quantitative estimate of drug-likeness (QED) is 0.605. The van der Waals surface area contributed by atoms with Crippen LogP contribution in [0.1, 0.15) is 24.8 Å². The molecule has 1 amide bonds. The lowest BCUT2D eigenvalue weighted by Gasteiger charge is -2.25. The van der Waals surface area contributed by atoms with Gasteiger partial charge in [-0.25, -0.2) is 0 Å². The Morgan fingerprint density at radius 3 is 2.55 bits per heavy atom. The normalized spacial score (nSPS) is 15.9. The summed E-state index contributed by atoms with van der Waals surface area (Å²) in [4.78, 5) is 14.0. The molecular formula is C20H21NO. The fraction of sp³-hybridized carbons (Fsp3) is 0.250. The van der Waals surface area contributed by atoms with Crippen LogP contribution in [0.25, 0.3) is 16.8 Å². The minimum absolute atomic E-state index is 0.127. The third kappa shape index (κ3) is 3.45. The molecule has 2 heteroatoms. The predicted molar refractivity (Wildman–Crippen MR) is 92.6 cm³/mol. The molecule has 1 aliphatic rings. The molecule has 0 saturated carbocycles. The summed E-state index contributed by atoms with van der Waals surface area (Å²) in [6.45, 7) is 1.80. The number of nitrogens with zero attached hydrogens (tertiary/aromatic N) is 1. The van der Waals surface area contributed by atoms with Crippen molar-refractivity contribution in [2.75, 3.05) is 13.1 Å². The van der Waals surface area contributed by atoms with Gasteiger partial charge in [0.15, 0.2) is 0 Å². The van der Waals surface area contributed by atoms with Gasteiger partial charge in [0.25, 0.3) is 0 Å². The number of fused-ring (bicyclic) bond motifs is 1. The van der Waals surface area contributed by atoms with E-state index in [0.29, 0.717) is 0 Å². The molecule has 2 nitrogen and oxygen atoms in total. The van der Waals surface area contributed by atoms with E-state index < -0.39 is 0 Å². The van der Waals surface area contributed by atoms with Crippen LogP contribution in [0.5, 0.6) is 0 Å².